The smallest absolute Gasteiger partial charge is 0.306 e. The zero-order valence-corrected chi connectivity index (χ0v) is 30.7. The van der Waals surface area contributed by atoms with Gasteiger partial charge in [-0.05, 0) is 129 Å². The number of carbonyl (C=O) groups is 3. The van der Waals surface area contributed by atoms with Crippen molar-refractivity contribution in [1.82, 2.24) is 5.32 Å². The summed E-state index contributed by atoms with van der Waals surface area (Å²) in [4.78, 5) is 38.5. The van der Waals surface area contributed by atoms with Crippen molar-refractivity contribution < 1.29 is 24.2 Å². The molecule has 3 unspecified atom stereocenters. The Morgan fingerprint density at radius 2 is 1.57 bits per heavy atom. The van der Waals surface area contributed by atoms with Crippen molar-refractivity contribution in [3.05, 3.63) is 12.2 Å². The molecule has 0 aromatic heterocycles. The second-order valence-electron chi connectivity index (χ2n) is 18.8. The highest BCUT2D eigenvalue weighted by molar-refractivity contribution is 5.84. The molecule has 6 nitrogen and oxygen atoms in total. The number of rotatable bonds is 9. The maximum Gasteiger partial charge on any atom is 0.306 e. The largest absolute Gasteiger partial charge is 0.481 e. The summed E-state index contributed by atoms with van der Waals surface area (Å²) in [6.45, 7) is 25.7. The summed E-state index contributed by atoms with van der Waals surface area (Å²) in [5.74, 6) is 1.54. The second-order valence-corrected chi connectivity index (χ2v) is 18.8. The van der Waals surface area contributed by atoms with E-state index in [0.29, 0.717) is 35.5 Å². The number of carbonyl (C=O) groups excluding carboxylic acids is 2. The lowest BCUT2D eigenvalue weighted by Crippen LogP contribution is -2.67. The zero-order valence-electron chi connectivity index (χ0n) is 30.7. The quantitative estimate of drug-likeness (QED) is 0.194. The fourth-order valence-electron chi connectivity index (χ4n) is 13.2. The van der Waals surface area contributed by atoms with Crippen molar-refractivity contribution in [2.24, 2.45) is 62.1 Å². The summed E-state index contributed by atoms with van der Waals surface area (Å²) < 4.78 is 6.25. The van der Waals surface area contributed by atoms with Gasteiger partial charge in [-0.15, -0.1) is 0 Å². The van der Waals surface area contributed by atoms with Crippen molar-refractivity contribution in [3.8, 4) is 0 Å². The maximum absolute atomic E-state index is 14.0. The highest BCUT2D eigenvalue weighted by Gasteiger charge is 2.72. The average molecular weight is 640 g/mol. The van der Waals surface area contributed by atoms with Gasteiger partial charge in [-0.3, -0.25) is 14.4 Å². The van der Waals surface area contributed by atoms with E-state index in [4.69, 9.17) is 4.74 Å². The number of esters is 1. The van der Waals surface area contributed by atoms with E-state index in [1.54, 1.807) is 0 Å². The minimum absolute atomic E-state index is 0.0462. The highest BCUT2D eigenvalue weighted by atomic mass is 16.5. The zero-order chi connectivity index (χ0) is 34.1. The fraction of sp³-hybridized carbons (Fsp3) is 0.875. The van der Waals surface area contributed by atoms with Gasteiger partial charge in [0, 0.05) is 12.0 Å². The molecule has 0 aromatic carbocycles. The Labute approximate surface area is 279 Å². The minimum atomic E-state index is -0.883. The molecule has 1 amide bonds. The lowest BCUT2D eigenvalue weighted by atomic mass is 9.32. The van der Waals surface area contributed by atoms with Crippen LogP contribution in [0.25, 0.3) is 0 Å². The first-order valence-electron chi connectivity index (χ1n) is 18.6. The summed E-state index contributed by atoms with van der Waals surface area (Å²) in [6.07, 6.45) is 11.7. The number of amides is 1. The molecule has 0 aromatic rings. The first kappa shape index (κ1) is 35.5. The van der Waals surface area contributed by atoms with Crippen LogP contribution in [0.15, 0.2) is 12.2 Å². The standard InChI is InChI=1S/C40H65NO5/c1-11-22-41-34(45)40-19-14-26(25(2)3)33(40)27-12-13-29-37(8)17-16-30(46-32(44)24-35(4,5)23-31(42)43)36(6,7)28(37)15-18-39(29,10)38(27,9)20-21-40/h26-30,33H,2,11-24H2,1,3-10H3,(H,41,45)(H,42,43)/t26-,27+,28?,29?,30-,33?,37-,38+,39+,40-/m0/s1. The Kier molecular flexibility index (Phi) is 9.20. The van der Waals surface area contributed by atoms with Gasteiger partial charge in [0.1, 0.15) is 6.10 Å². The van der Waals surface area contributed by atoms with E-state index in [1.807, 2.05) is 13.8 Å². The van der Waals surface area contributed by atoms with Gasteiger partial charge >= 0.3 is 11.9 Å². The van der Waals surface area contributed by atoms with Crippen LogP contribution in [0, 0.1) is 62.1 Å². The van der Waals surface area contributed by atoms with E-state index >= 15 is 0 Å². The summed E-state index contributed by atoms with van der Waals surface area (Å²) in [5.41, 5.74) is 0.744. The van der Waals surface area contributed by atoms with Crippen LogP contribution in [0.4, 0.5) is 0 Å². The molecule has 6 heteroatoms. The fourth-order valence-corrected chi connectivity index (χ4v) is 13.2. The summed E-state index contributed by atoms with van der Waals surface area (Å²) >= 11 is 0. The topological polar surface area (TPSA) is 92.7 Å². The van der Waals surface area contributed by atoms with Crippen LogP contribution in [-0.4, -0.2) is 35.6 Å². The highest BCUT2D eigenvalue weighted by Crippen LogP contribution is 2.77. The van der Waals surface area contributed by atoms with Gasteiger partial charge in [-0.25, -0.2) is 0 Å². The summed E-state index contributed by atoms with van der Waals surface area (Å²) in [5, 5.41) is 12.7. The average Bonchev–Trinajstić information content (AvgIpc) is 3.34. The Hall–Kier alpha value is -1.85. The van der Waals surface area contributed by atoms with Crippen molar-refractivity contribution in [2.45, 2.75) is 152 Å². The van der Waals surface area contributed by atoms with Crippen molar-refractivity contribution in [2.75, 3.05) is 6.54 Å². The molecule has 10 atom stereocenters. The lowest BCUT2D eigenvalue weighted by Gasteiger charge is -2.72. The Morgan fingerprint density at radius 1 is 0.870 bits per heavy atom. The molecule has 5 fully saturated rings. The van der Waals surface area contributed by atoms with Crippen molar-refractivity contribution >= 4 is 17.8 Å². The van der Waals surface area contributed by atoms with E-state index in [9.17, 15) is 19.5 Å². The number of aliphatic carboxylic acids is 1. The van der Waals surface area contributed by atoms with Gasteiger partial charge in [0.25, 0.3) is 0 Å². The van der Waals surface area contributed by atoms with Crippen LogP contribution in [-0.2, 0) is 19.1 Å². The molecule has 5 rings (SSSR count). The van der Waals surface area contributed by atoms with Gasteiger partial charge < -0.3 is 15.2 Å². The molecule has 260 valence electrons. The van der Waals surface area contributed by atoms with E-state index < -0.39 is 11.4 Å². The number of allylic oxidation sites excluding steroid dienone is 1. The van der Waals surface area contributed by atoms with Gasteiger partial charge in [-0.1, -0.05) is 67.5 Å². The molecule has 0 bridgehead atoms. The van der Waals surface area contributed by atoms with Gasteiger partial charge in [0.2, 0.25) is 5.91 Å². The van der Waals surface area contributed by atoms with Crippen molar-refractivity contribution in [3.63, 3.8) is 0 Å². The minimum Gasteiger partial charge on any atom is -0.481 e. The number of carboxylic acid groups (broad SMARTS) is 1. The van der Waals surface area contributed by atoms with Gasteiger partial charge in [0.05, 0.1) is 18.3 Å². The molecule has 5 aliphatic rings. The first-order valence-corrected chi connectivity index (χ1v) is 18.6. The van der Waals surface area contributed by atoms with Gasteiger partial charge in [-0.2, -0.15) is 0 Å². The summed E-state index contributed by atoms with van der Waals surface area (Å²) in [6, 6.07) is 0. The van der Waals surface area contributed by atoms with Crippen LogP contribution < -0.4 is 5.32 Å². The van der Waals surface area contributed by atoms with E-state index in [-0.39, 0.29) is 52.0 Å². The monoisotopic (exact) mass is 639 g/mol. The van der Waals surface area contributed by atoms with Crippen molar-refractivity contribution in [1.29, 1.82) is 0 Å². The normalized spacial score (nSPS) is 42.9. The Morgan fingerprint density at radius 3 is 2.20 bits per heavy atom. The third-order valence-corrected chi connectivity index (χ3v) is 15.5. The molecule has 46 heavy (non-hydrogen) atoms. The number of ether oxygens (including phenoxy) is 1. The van der Waals surface area contributed by atoms with E-state index in [0.717, 1.165) is 57.9 Å². The number of carboxylic acids is 1. The van der Waals surface area contributed by atoms with Crippen LogP contribution in [0.2, 0.25) is 0 Å². The van der Waals surface area contributed by atoms with E-state index in [1.165, 1.54) is 24.8 Å². The number of hydrogen-bond acceptors (Lipinski definition) is 4. The third-order valence-electron chi connectivity index (χ3n) is 15.5. The Bertz CT molecular complexity index is 1240. The molecular formula is C40H65NO5. The molecule has 0 spiro atoms. The molecule has 0 aliphatic heterocycles. The van der Waals surface area contributed by atoms with Crippen LogP contribution in [0.3, 0.4) is 0 Å². The SMILES string of the molecule is C=C(C)[C@@H]1CC[C@]2(C(=O)NCCC)CC[C@]3(C)[C@H](CCC4[C@@]5(C)CC[C@H](OC(=O)CC(C)(C)CC(=O)O)C(C)(C)C5CC[C@]43C)C12. The van der Waals surface area contributed by atoms with Crippen LogP contribution in [0.5, 0.6) is 0 Å². The molecular weight excluding hydrogens is 574 g/mol. The maximum atomic E-state index is 14.0. The molecule has 2 N–H and O–H groups in total. The molecule has 0 heterocycles. The molecule has 5 saturated carbocycles. The number of hydrogen-bond donors (Lipinski definition) is 2. The van der Waals surface area contributed by atoms with Gasteiger partial charge in [0.15, 0.2) is 0 Å². The lowest BCUT2D eigenvalue weighted by molar-refractivity contribution is -0.249. The predicted molar refractivity (Wildman–Crippen MR) is 183 cm³/mol. The van der Waals surface area contributed by atoms with E-state index in [2.05, 4.69) is 60.4 Å². The Balaban J connectivity index is 1.40. The third kappa shape index (κ3) is 5.38. The van der Waals surface area contributed by atoms with Crippen LogP contribution in [0.1, 0.15) is 146 Å². The van der Waals surface area contributed by atoms with Crippen LogP contribution >= 0.6 is 0 Å². The first-order chi connectivity index (χ1) is 21.3. The second kappa shape index (κ2) is 11.9. The summed E-state index contributed by atoms with van der Waals surface area (Å²) in [7, 11) is 0. The molecule has 0 radical (unpaired) electrons. The molecule has 0 saturated heterocycles. The molecule has 5 aliphatic carbocycles. The predicted octanol–water partition coefficient (Wildman–Crippen LogP) is 8.97. The number of nitrogens with one attached hydrogen (secondary N) is 1. The number of fused-ring (bicyclic) bond motifs is 7.